The molecule has 0 saturated heterocycles. The van der Waals surface area contributed by atoms with Crippen LogP contribution >= 0.6 is 7.60 Å². The molecule has 2 rings (SSSR count). The number of nitrogens with one attached hydrogen (secondary N) is 1. The lowest BCUT2D eigenvalue weighted by atomic mass is 10.3. The average molecular weight is 349 g/mol. The van der Waals surface area contributed by atoms with Gasteiger partial charge in [-0.2, -0.15) is 0 Å². The molecule has 0 spiro atoms. The van der Waals surface area contributed by atoms with Gasteiger partial charge in [-0.25, -0.2) is 0 Å². The molecule has 1 aromatic rings. The monoisotopic (exact) mass is 349 g/mol. The lowest BCUT2D eigenvalue weighted by Gasteiger charge is -2.17. The predicted molar refractivity (Wildman–Crippen MR) is 91.4 cm³/mol. The number of ether oxygens (including phenoxy) is 1. The SMILES string of the molecule is CCOP(=O)(OCC)C(=O)C=C1C=CC=C(Oc2ccccc2)N1. The number of carbonyl (C=O) groups is 1. The summed E-state index contributed by atoms with van der Waals surface area (Å²) in [6.07, 6.45) is 6.31. The Bertz CT molecular complexity index is 699. The molecule has 1 aliphatic heterocycles. The molecule has 0 unspecified atom stereocenters. The van der Waals surface area contributed by atoms with Gasteiger partial charge in [0.1, 0.15) is 5.75 Å². The zero-order valence-corrected chi connectivity index (χ0v) is 14.5. The van der Waals surface area contributed by atoms with Crippen molar-refractivity contribution < 1.29 is 23.1 Å². The fourth-order valence-corrected chi connectivity index (χ4v) is 3.25. The van der Waals surface area contributed by atoms with Crippen molar-refractivity contribution in [2.24, 2.45) is 0 Å². The Balaban J connectivity index is 2.08. The standard InChI is InChI=1S/C17H20NO5P/c1-3-21-24(20,22-4-2)17(19)13-14-9-8-12-16(18-14)23-15-10-6-5-7-11-15/h5-13,18H,3-4H2,1-2H3. The molecular formula is C17H20NO5P. The summed E-state index contributed by atoms with van der Waals surface area (Å²) in [6, 6.07) is 9.23. The Morgan fingerprint density at radius 2 is 1.83 bits per heavy atom. The molecule has 0 atom stereocenters. The summed E-state index contributed by atoms with van der Waals surface area (Å²) in [4.78, 5) is 12.3. The van der Waals surface area contributed by atoms with Gasteiger partial charge in [-0.05, 0) is 38.1 Å². The van der Waals surface area contributed by atoms with E-state index < -0.39 is 13.1 Å². The number of hydrogen-bond acceptors (Lipinski definition) is 6. The van der Waals surface area contributed by atoms with Crippen LogP contribution in [0.1, 0.15) is 13.8 Å². The van der Waals surface area contributed by atoms with Crippen LogP contribution < -0.4 is 10.1 Å². The zero-order valence-electron chi connectivity index (χ0n) is 13.6. The van der Waals surface area contributed by atoms with Gasteiger partial charge in [-0.3, -0.25) is 9.36 Å². The summed E-state index contributed by atoms with van der Waals surface area (Å²) in [7, 11) is -3.81. The maximum absolute atomic E-state index is 12.4. The Kier molecular flexibility index (Phi) is 6.55. The highest BCUT2D eigenvalue weighted by atomic mass is 31.2. The van der Waals surface area contributed by atoms with Crippen molar-refractivity contribution in [2.75, 3.05) is 13.2 Å². The van der Waals surface area contributed by atoms with Crippen LogP contribution in [0.3, 0.4) is 0 Å². The van der Waals surface area contributed by atoms with Gasteiger partial charge in [0, 0.05) is 11.8 Å². The van der Waals surface area contributed by atoms with Crippen LogP contribution in [0, 0.1) is 0 Å². The summed E-state index contributed by atoms with van der Waals surface area (Å²) in [5, 5.41) is 2.95. The first-order chi connectivity index (χ1) is 11.6. The molecule has 0 radical (unpaired) electrons. The van der Waals surface area contributed by atoms with Gasteiger partial charge >= 0.3 is 7.60 Å². The summed E-state index contributed by atoms with van der Waals surface area (Å²) >= 11 is 0. The highest BCUT2D eigenvalue weighted by molar-refractivity contribution is 7.72. The first-order valence-corrected chi connectivity index (χ1v) is 9.15. The quantitative estimate of drug-likeness (QED) is 0.569. The third-order valence-electron chi connectivity index (χ3n) is 2.91. The van der Waals surface area contributed by atoms with Crippen molar-refractivity contribution in [3.63, 3.8) is 0 Å². The van der Waals surface area contributed by atoms with Crippen molar-refractivity contribution in [1.82, 2.24) is 5.32 Å². The van der Waals surface area contributed by atoms with Gasteiger partial charge in [0.2, 0.25) is 0 Å². The minimum Gasteiger partial charge on any atom is -0.441 e. The van der Waals surface area contributed by atoms with Crippen LogP contribution in [0.15, 0.2) is 66.2 Å². The van der Waals surface area contributed by atoms with Gasteiger partial charge in [-0.1, -0.05) is 24.3 Å². The van der Waals surface area contributed by atoms with E-state index in [0.29, 0.717) is 17.3 Å². The lowest BCUT2D eigenvalue weighted by molar-refractivity contribution is -0.109. The van der Waals surface area contributed by atoms with Gasteiger partial charge in [0.25, 0.3) is 5.52 Å². The maximum atomic E-state index is 12.4. The van der Waals surface area contributed by atoms with Crippen LogP contribution in [0.25, 0.3) is 0 Å². The van der Waals surface area contributed by atoms with Gasteiger partial charge in [0.05, 0.1) is 13.2 Å². The van der Waals surface area contributed by atoms with Crippen LogP contribution in [0.2, 0.25) is 0 Å². The Morgan fingerprint density at radius 1 is 1.17 bits per heavy atom. The van der Waals surface area contributed by atoms with Crippen LogP contribution in [-0.2, 0) is 18.4 Å². The van der Waals surface area contributed by atoms with Crippen molar-refractivity contribution in [2.45, 2.75) is 13.8 Å². The second-order valence-electron chi connectivity index (χ2n) is 4.70. The number of hydrogen-bond donors (Lipinski definition) is 1. The second-order valence-corrected chi connectivity index (χ2v) is 6.65. The highest BCUT2D eigenvalue weighted by Gasteiger charge is 2.32. The number of carbonyl (C=O) groups excluding carboxylic acids is 1. The molecule has 1 aromatic carbocycles. The molecule has 1 N–H and O–H groups in total. The molecular weight excluding hydrogens is 329 g/mol. The molecule has 24 heavy (non-hydrogen) atoms. The topological polar surface area (TPSA) is 73.9 Å². The normalized spacial score (nSPS) is 15.8. The number of para-hydroxylation sites is 1. The summed E-state index contributed by atoms with van der Waals surface area (Å²) in [5.41, 5.74) is -0.271. The highest BCUT2D eigenvalue weighted by Crippen LogP contribution is 2.49. The van der Waals surface area contributed by atoms with E-state index in [1.807, 2.05) is 30.3 Å². The molecule has 0 aromatic heterocycles. The van der Waals surface area contributed by atoms with Gasteiger partial charge in [-0.15, -0.1) is 0 Å². The van der Waals surface area contributed by atoms with E-state index in [1.54, 1.807) is 32.1 Å². The van der Waals surface area contributed by atoms with Crippen molar-refractivity contribution >= 4 is 13.1 Å². The minimum absolute atomic E-state index is 0.123. The molecule has 6 nitrogen and oxygen atoms in total. The summed E-state index contributed by atoms with van der Waals surface area (Å²) in [6.45, 7) is 3.55. The fourth-order valence-electron chi connectivity index (χ4n) is 1.94. The van der Waals surface area contributed by atoms with Crippen molar-refractivity contribution in [1.29, 1.82) is 0 Å². The first-order valence-electron chi connectivity index (χ1n) is 7.61. The first kappa shape index (κ1) is 18.2. The smallest absolute Gasteiger partial charge is 0.401 e. The molecule has 0 fully saturated rings. The van der Waals surface area contributed by atoms with Crippen LogP contribution in [0.5, 0.6) is 5.75 Å². The van der Waals surface area contributed by atoms with E-state index >= 15 is 0 Å². The van der Waals surface area contributed by atoms with Crippen molar-refractivity contribution in [3.8, 4) is 5.75 Å². The van der Waals surface area contributed by atoms with Crippen LogP contribution in [0.4, 0.5) is 0 Å². The van der Waals surface area contributed by atoms with E-state index in [2.05, 4.69) is 5.32 Å². The fraction of sp³-hybridized carbons (Fsp3) is 0.235. The number of dihydropyridines is 1. The average Bonchev–Trinajstić information content (AvgIpc) is 2.56. The van der Waals surface area contributed by atoms with E-state index in [0.717, 1.165) is 0 Å². The van der Waals surface area contributed by atoms with E-state index in [4.69, 9.17) is 13.8 Å². The second kappa shape index (κ2) is 8.64. The zero-order chi connectivity index (χ0) is 17.4. The molecule has 0 aliphatic carbocycles. The lowest BCUT2D eigenvalue weighted by Crippen LogP contribution is -2.19. The number of allylic oxidation sites excluding steroid dienone is 4. The van der Waals surface area contributed by atoms with Crippen LogP contribution in [-0.4, -0.2) is 18.7 Å². The molecule has 7 heteroatoms. The molecule has 1 heterocycles. The maximum Gasteiger partial charge on any atom is 0.401 e. The molecule has 0 amide bonds. The molecule has 1 aliphatic rings. The number of benzene rings is 1. The summed E-state index contributed by atoms with van der Waals surface area (Å²) < 4.78 is 28.2. The van der Waals surface area contributed by atoms with E-state index in [-0.39, 0.29) is 13.2 Å². The molecule has 0 saturated carbocycles. The van der Waals surface area contributed by atoms with E-state index in [1.165, 1.54) is 6.08 Å². The largest absolute Gasteiger partial charge is 0.441 e. The Hall–Kier alpha value is -2.14. The predicted octanol–water partition coefficient (Wildman–Crippen LogP) is 3.74. The van der Waals surface area contributed by atoms with Gasteiger partial charge < -0.3 is 19.1 Å². The van der Waals surface area contributed by atoms with Crippen molar-refractivity contribution in [3.05, 3.63) is 66.2 Å². The van der Waals surface area contributed by atoms with E-state index in [9.17, 15) is 9.36 Å². The number of rotatable bonds is 8. The third kappa shape index (κ3) is 4.93. The molecule has 0 bridgehead atoms. The third-order valence-corrected chi connectivity index (χ3v) is 4.77. The van der Waals surface area contributed by atoms with Gasteiger partial charge in [0.15, 0.2) is 5.88 Å². The Morgan fingerprint density at radius 3 is 2.46 bits per heavy atom. The summed E-state index contributed by atoms with van der Waals surface area (Å²) in [5.74, 6) is 1.11. The Labute approximate surface area is 141 Å². The molecule has 128 valence electrons. The minimum atomic E-state index is -3.81.